The van der Waals surface area contributed by atoms with Crippen LogP contribution in [-0.2, 0) is 14.3 Å². The fraction of sp³-hybridized carbons (Fsp3) is 0.368. The summed E-state index contributed by atoms with van der Waals surface area (Å²) in [6.45, 7) is 5.14. The maximum atomic E-state index is 12.5. The molecule has 1 aromatic heterocycles. The first-order valence-electron chi connectivity index (χ1n) is 8.10. The lowest BCUT2D eigenvalue weighted by atomic mass is 9.88. The van der Waals surface area contributed by atoms with E-state index in [1.807, 2.05) is 19.9 Å². The molecule has 0 amide bonds. The second kappa shape index (κ2) is 8.93. The van der Waals surface area contributed by atoms with Crippen LogP contribution in [0.2, 0.25) is 5.02 Å². The van der Waals surface area contributed by atoms with Crippen LogP contribution in [0.15, 0.2) is 29.6 Å². The number of nitrogens with zero attached hydrogens (tertiary/aromatic N) is 2. The molecule has 0 saturated heterocycles. The van der Waals surface area contributed by atoms with Crippen molar-refractivity contribution < 1.29 is 14.3 Å². The average molecular weight is 391 g/mol. The molecule has 5 nitrogen and oxygen atoms in total. The number of carbonyl (C=O) groups is 2. The van der Waals surface area contributed by atoms with E-state index < -0.39 is 30.2 Å². The largest absolute Gasteiger partial charge is 0.457 e. The maximum absolute atomic E-state index is 12.5. The van der Waals surface area contributed by atoms with Gasteiger partial charge in [0, 0.05) is 16.1 Å². The first kappa shape index (κ1) is 20.1. The van der Waals surface area contributed by atoms with Gasteiger partial charge in [-0.25, -0.2) is 4.98 Å². The van der Waals surface area contributed by atoms with Gasteiger partial charge in [0.1, 0.15) is 5.01 Å². The summed E-state index contributed by atoms with van der Waals surface area (Å²) in [6, 6.07) is 8.90. The Labute approximate surface area is 161 Å². The van der Waals surface area contributed by atoms with Crippen molar-refractivity contribution in [1.82, 2.24) is 4.98 Å². The molecule has 2 atom stereocenters. The molecule has 2 rings (SSSR count). The first-order valence-corrected chi connectivity index (χ1v) is 9.35. The molecular formula is C19H19ClN2O3S. The molecule has 1 aromatic carbocycles. The van der Waals surface area contributed by atoms with Crippen LogP contribution in [-0.4, -0.2) is 23.3 Å². The van der Waals surface area contributed by atoms with E-state index in [-0.39, 0.29) is 5.92 Å². The van der Waals surface area contributed by atoms with Gasteiger partial charge >= 0.3 is 5.97 Å². The van der Waals surface area contributed by atoms with E-state index in [1.165, 1.54) is 11.3 Å². The number of thiazole rings is 1. The van der Waals surface area contributed by atoms with Crippen LogP contribution in [0.5, 0.6) is 0 Å². The van der Waals surface area contributed by atoms with E-state index in [0.717, 1.165) is 11.3 Å². The Morgan fingerprint density at radius 3 is 2.46 bits per heavy atom. The van der Waals surface area contributed by atoms with Gasteiger partial charge in [0.15, 0.2) is 18.3 Å². The molecule has 0 saturated carbocycles. The molecule has 0 aliphatic carbocycles. The molecule has 7 heteroatoms. The summed E-state index contributed by atoms with van der Waals surface area (Å²) in [6.07, 6.45) is 0. The third-order valence-electron chi connectivity index (χ3n) is 3.84. The third kappa shape index (κ3) is 4.90. The standard InChI is InChI=1S/C19H19ClN2O3S/c1-11(2)17(13-4-6-14(20)7-5-13)19(24)25-9-16(23)15(8-21)18-22-12(3)10-26-18/h4-7,10-11,15,17H,9H2,1-3H3/t15-,17-/m1/s1. The quantitative estimate of drug-likeness (QED) is 0.659. The van der Waals surface area contributed by atoms with Gasteiger partial charge in [0.25, 0.3) is 0 Å². The number of ketones is 1. The number of esters is 1. The van der Waals surface area contributed by atoms with Gasteiger partial charge in [-0.15, -0.1) is 11.3 Å². The van der Waals surface area contributed by atoms with Gasteiger partial charge in [-0.3, -0.25) is 9.59 Å². The van der Waals surface area contributed by atoms with Gasteiger partial charge in [-0.05, 0) is 30.5 Å². The predicted molar refractivity (Wildman–Crippen MR) is 100 cm³/mol. The van der Waals surface area contributed by atoms with Gasteiger partial charge in [-0.1, -0.05) is 37.6 Å². The number of hydrogen-bond donors (Lipinski definition) is 0. The van der Waals surface area contributed by atoms with E-state index in [2.05, 4.69) is 4.98 Å². The van der Waals surface area contributed by atoms with Gasteiger partial charge in [0.05, 0.1) is 12.0 Å². The molecule has 0 aliphatic heterocycles. The van der Waals surface area contributed by atoms with E-state index in [4.69, 9.17) is 16.3 Å². The number of rotatable bonds is 7. The van der Waals surface area contributed by atoms with Crippen molar-refractivity contribution in [2.24, 2.45) is 5.92 Å². The Hall–Kier alpha value is -2.23. The Balaban J connectivity index is 2.06. The smallest absolute Gasteiger partial charge is 0.314 e. The van der Waals surface area contributed by atoms with Gasteiger partial charge < -0.3 is 4.74 Å². The van der Waals surface area contributed by atoms with E-state index in [9.17, 15) is 14.9 Å². The molecule has 0 bridgehead atoms. The van der Waals surface area contributed by atoms with Crippen LogP contribution in [0.1, 0.15) is 41.9 Å². The van der Waals surface area contributed by atoms with Crippen LogP contribution in [0.3, 0.4) is 0 Å². The summed E-state index contributed by atoms with van der Waals surface area (Å²) < 4.78 is 5.23. The molecule has 26 heavy (non-hydrogen) atoms. The average Bonchev–Trinajstić information content (AvgIpc) is 3.01. The Kier molecular flexibility index (Phi) is 6.90. The molecule has 0 unspecified atom stereocenters. The number of carbonyl (C=O) groups excluding carboxylic acids is 2. The molecule has 0 N–H and O–H groups in total. The Bertz CT molecular complexity index is 824. The van der Waals surface area contributed by atoms with Crippen molar-refractivity contribution in [3.63, 3.8) is 0 Å². The van der Waals surface area contributed by atoms with Crippen LogP contribution in [0.4, 0.5) is 0 Å². The highest BCUT2D eigenvalue weighted by atomic mass is 35.5. The van der Waals surface area contributed by atoms with E-state index in [1.54, 1.807) is 36.6 Å². The molecule has 0 aliphatic rings. The molecule has 0 radical (unpaired) electrons. The molecule has 2 aromatic rings. The minimum absolute atomic E-state index is 0.0212. The van der Waals surface area contributed by atoms with Crippen molar-refractivity contribution in [2.75, 3.05) is 6.61 Å². The fourth-order valence-corrected chi connectivity index (χ4v) is 3.54. The highest BCUT2D eigenvalue weighted by Gasteiger charge is 2.29. The molecule has 0 spiro atoms. The van der Waals surface area contributed by atoms with Crippen LogP contribution in [0, 0.1) is 24.2 Å². The van der Waals surface area contributed by atoms with Crippen LogP contribution in [0.25, 0.3) is 0 Å². The van der Waals surface area contributed by atoms with Gasteiger partial charge in [-0.2, -0.15) is 5.26 Å². The van der Waals surface area contributed by atoms with Crippen LogP contribution < -0.4 is 0 Å². The molecule has 0 fully saturated rings. The number of aromatic nitrogens is 1. The number of Topliss-reactive ketones (excluding diaryl/α,β-unsaturated/α-hetero) is 1. The Morgan fingerprint density at radius 2 is 1.96 bits per heavy atom. The molecular weight excluding hydrogens is 372 g/mol. The van der Waals surface area contributed by atoms with Crippen molar-refractivity contribution >= 4 is 34.7 Å². The Morgan fingerprint density at radius 1 is 1.31 bits per heavy atom. The highest BCUT2D eigenvalue weighted by Crippen LogP contribution is 2.27. The number of aryl methyl sites for hydroxylation is 1. The number of hydrogen-bond acceptors (Lipinski definition) is 6. The van der Waals surface area contributed by atoms with E-state index in [0.29, 0.717) is 10.0 Å². The zero-order chi connectivity index (χ0) is 19.3. The van der Waals surface area contributed by atoms with Gasteiger partial charge in [0.2, 0.25) is 0 Å². The second-order valence-electron chi connectivity index (χ2n) is 6.24. The summed E-state index contributed by atoms with van der Waals surface area (Å²) >= 11 is 7.14. The summed E-state index contributed by atoms with van der Waals surface area (Å²) in [5.74, 6) is -2.53. The van der Waals surface area contributed by atoms with Crippen LogP contribution >= 0.6 is 22.9 Å². The lowest BCUT2D eigenvalue weighted by molar-refractivity contribution is -0.150. The normalized spacial score (nSPS) is 13.1. The molecule has 1 heterocycles. The SMILES string of the molecule is Cc1csc([C@H](C#N)C(=O)COC(=O)[C@@H](c2ccc(Cl)cc2)C(C)C)n1. The second-order valence-corrected chi connectivity index (χ2v) is 7.56. The van der Waals surface area contributed by atoms with Crippen molar-refractivity contribution in [3.8, 4) is 6.07 Å². The minimum Gasteiger partial charge on any atom is -0.457 e. The third-order valence-corrected chi connectivity index (χ3v) is 5.12. The summed E-state index contributed by atoms with van der Waals surface area (Å²) in [7, 11) is 0. The number of halogens is 1. The number of benzene rings is 1. The van der Waals surface area contributed by atoms with Crippen molar-refractivity contribution in [3.05, 3.63) is 50.9 Å². The lowest BCUT2D eigenvalue weighted by Gasteiger charge is -2.20. The number of nitriles is 1. The topological polar surface area (TPSA) is 80.0 Å². The minimum atomic E-state index is -1.02. The predicted octanol–water partition coefficient (Wildman–Crippen LogP) is 4.26. The summed E-state index contributed by atoms with van der Waals surface area (Å²) in [5, 5.41) is 12.0. The monoisotopic (exact) mass is 390 g/mol. The summed E-state index contributed by atoms with van der Waals surface area (Å²) in [5.41, 5.74) is 1.52. The number of ether oxygens (including phenoxy) is 1. The van der Waals surface area contributed by atoms with Crippen molar-refractivity contribution in [2.45, 2.75) is 32.6 Å². The fourth-order valence-electron chi connectivity index (χ4n) is 2.55. The first-order chi connectivity index (χ1) is 12.3. The summed E-state index contributed by atoms with van der Waals surface area (Å²) in [4.78, 5) is 29.0. The maximum Gasteiger partial charge on any atom is 0.314 e. The lowest BCUT2D eigenvalue weighted by Crippen LogP contribution is -2.25. The van der Waals surface area contributed by atoms with Crippen molar-refractivity contribution in [1.29, 1.82) is 5.26 Å². The highest BCUT2D eigenvalue weighted by molar-refractivity contribution is 7.09. The zero-order valence-electron chi connectivity index (χ0n) is 14.7. The zero-order valence-corrected chi connectivity index (χ0v) is 16.3. The van der Waals surface area contributed by atoms with E-state index >= 15 is 0 Å². The molecule has 136 valence electrons.